The van der Waals surface area contributed by atoms with Gasteiger partial charge >= 0.3 is 11.9 Å². The van der Waals surface area contributed by atoms with E-state index in [-0.39, 0.29) is 29.4 Å². The van der Waals surface area contributed by atoms with Crippen LogP contribution in [-0.4, -0.2) is 25.2 Å². The minimum Gasteiger partial charge on any atom is -0.490 e. The molecule has 0 fully saturated rings. The van der Waals surface area contributed by atoms with Gasteiger partial charge < -0.3 is 14.2 Å². The molecule has 156 valence electrons. The van der Waals surface area contributed by atoms with Crippen LogP contribution in [0.25, 0.3) is 10.1 Å². The Bertz CT molecular complexity index is 1220. The van der Waals surface area contributed by atoms with Crippen molar-refractivity contribution in [1.82, 2.24) is 0 Å². The summed E-state index contributed by atoms with van der Waals surface area (Å²) in [5.74, 6) is -0.440. The molecule has 4 rings (SSSR count). The van der Waals surface area contributed by atoms with Gasteiger partial charge in [-0.3, -0.25) is 0 Å². The van der Waals surface area contributed by atoms with Gasteiger partial charge in [-0.15, -0.1) is 11.3 Å². The van der Waals surface area contributed by atoms with Gasteiger partial charge in [0.2, 0.25) is 0 Å². The molecule has 0 N–H and O–H groups in total. The number of rotatable bonds is 7. The topological polar surface area (TPSA) is 61.8 Å². The van der Waals surface area contributed by atoms with E-state index < -0.39 is 11.9 Å². The number of para-hydroxylation sites is 2. The smallest absolute Gasteiger partial charge is 0.355 e. The molecule has 31 heavy (non-hydrogen) atoms. The van der Waals surface area contributed by atoms with Gasteiger partial charge in [-0.05, 0) is 30.3 Å². The number of benzene rings is 3. The molecule has 0 saturated carbocycles. The Kier molecular flexibility index (Phi) is 6.50. The quantitative estimate of drug-likeness (QED) is 0.195. The first-order chi connectivity index (χ1) is 15.1. The average Bonchev–Trinajstić information content (AvgIpc) is 3.14. The van der Waals surface area contributed by atoms with E-state index in [1.807, 2.05) is 54.6 Å². The van der Waals surface area contributed by atoms with Gasteiger partial charge in [-0.2, -0.15) is 0 Å². The number of carbonyl (C=O) groups is 2. The number of fused-ring (bicyclic) bond motifs is 1. The van der Waals surface area contributed by atoms with Gasteiger partial charge in [0.25, 0.3) is 0 Å². The molecule has 0 amide bonds. The number of hydrogen-bond acceptors (Lipinski definition) is 6. The SMILES string of the molecule is O=C(OCCOc1ccccc1)c1ccccc1OC(=O)c1sc2ccccc2c1Cl. The molecule has 0 atom stereocenters. The summed E-state index contributed by atoms with van der Waals surface area (Å²) in [4.78, 5) is 25.5. The molecule has 0 spiro atoms. The number of esters is 2. The van der Waals surface area contributed by atoms with Crippen molar-refractivity contribution in [3.8, 4) is 11.5 Å². The third-order valence-corrected chi connectivity index (χ3v) is 6.01. The summed E-state index contributed by atoms with van der Waals surface area (Å²) in [5, 5.41) is 1.12. The molecule has 0 saturated heterocycles. The van der Waals surface area contributed by atoms with Crippen LogP contribution >= 0.6 is 22.9 Å². The Morgan fingerprint density at radius 1 is 0.806 bits per heavy atom. The number of carbonyl (C=O) groups excluding carboxylic acids is 2. The van der Waals surface area contributed by atoms with Crippen LogP contribution in [0.15, 0.2) is 78.9 Å². The fourth-order valence-electron chi connectivity index (χ4n) is 2.90. The van der Waals surface area contributed by atoms with Crippen LogP contribution in [0.3, 0.4) is 0 Å². The van der Waals surface area contributed by atoms with Crippen LogP contribution in [0.4, 0.5) is 0 Å². The molecule has 1 aromatic heterocycles. The molecule has 4 aromatic rings. The maximum absolute atomic E-state index is 12.7. The fraction of sp³-hybridized carbons (Fsp3) is 0.0833. The summed E-state index contributed by atoms with van der Waals surface area (Å²) in [7, 11) is 0. The van der Waals surface area contributed by atoms with E-state index in [4.69, 9.17) is 25.8 Å². The van der Waals surface area contributed by atoms with E-state index in [1.165, 1.54) is 23.5 Å². The van der Waals surface area contributed by atoms with Crippen LogP contribution in [-0.2, 0) is 4.74 Å². The summed E-state index contributed by atoms with van der Waals surface area (Å²) in [6, 6.07) is 23.1. The van der Waals surface area contributed by atoms with E-state index in [1.54, 1.807) is 12.1 Å². The lowest BCUT2D eigenvalue weighted by Gasteiger charge is -2.10. The average molecular weight is 453 g/mol. The van der Waals surface area contributed by atoms with E-state index in [0.717, 1.165) is 10.1 Å². The van der Waals surface area contributed by atoms with Gasteiger partial charge in [0.05, 0.1) is 5.02 Å². The molecule has 7 heteroatoms. The van der Waals surface area contributed by atoms with Crippen molar-refractivity contribution < 1.29 is 23.8 Å². The number of halogens is 1. The summed E-state index contributed by atoms with van der Waals surface area (Å²) in [6.07, 6.45) is 0. The maximum atomic E-state index is 12.7. The van der Waals surface area contributed by atoms with Crippen molar-refractivity contribution in [2.75, 3.05) is 13.2 Å². The van der Waals surface area contributed by atoms with Crippen molar-refractivity contribution in [2.45, 2.75) is 0 Å². The summed E-state index contributed by atoms with van der Waals surface area (Å²) in [5.41, 5.74) is 0.146. The van der Waals surface area contributed by atoms with Gasteiger partial charge in [0.15, 0.2) is 0 Å². The Labute approximate surface area is 187 Å². The Balaban J connectivity index is 1.42. The lowest BCUT2D eigenvalue weighted by molar-refractivity contribution is 0.0445. The van der Waals surface area contributed by atoms with E-state index >= 15 is 0 Å². The third-order valence-electron chi connectivity index (χ3n) is 4.36. The number of hydrogen-bond donors (Lipinski definition) is 0. The van der Waals surface area contributed by atoms with Crippen LogP contribution < -0.4 is 9.47 Å². The second-order valence-electron chi connectivity index (χ2n) is 6.42. The van der Waals surface area contributed by atoms with Gasteiger partial charge in [-0.25, -0.2) is 9.59 Å². The van der Waals surface area contributed by atoms with E-state index in [2.05, 4.69) is 0 Å². The molecule has 0 aliphatic heterocycles. The largest absolute Gasteiger partial charge is 0.490 e. The first kappa shape index (κ1) is 20.9. The van der Waals surface area contributed by atoms with Crippen LogP contribution in [0, 0.1) is 0 Å². The minimum atomic E-state index is -0.626. The zero-order valence-corrected chi connectivity index (χ0v) is 17.8. The second-order valence-corrected chi connectivity index (χ2v) is 7.85. The van der Waals surface area contributed by atoms with Gasteiger partial charge in [-0.1, -0.05) is 60.1 Å². The van der Waals surface area contributed by atoms with E-state index in [9.17, 15) is 9.59 Å². The minimum absolute atomic E-state index is 0.0537. The lowest BCUT2D eigenvalue weighted by atomic mass is 10.2. The summed E-state index contributed by atoms with van der Waals surface area (Å²) < 4.78 is 17.2. The Morgan fingerprint density at radius 3 is 2.32 bits per heavy atom. The summed E-state index contributed by atoms with van der Waals surface area (Å²) >= 11 is 7.60. The van der Waals surface area contributed by atoms with Crippen molar-refractivity contribution in [2.24, 2.45) is 0 Å². The number of ether oxygens (including phenoxy) is 3. The molecular formula is C24H17ClO5S. The van der Waals surface area contributed by atoms with Crippen molar-refractivity contribution >= 4 is 45.0 Å². The van der Waals surface area contributed by atoms with Crippen molar-refractivity contribution in [3.63, 3.8) is 0 Å². The Morgan fingerprint density at radius 2 is 1.52 bits per heavy atom. The molecule has 0 radical (unpaired) electrons. The molecule has 0 unspecified atom stereocenters. The highest BCUT2D eigenvalue weighted by Gasteiger charge is 2.22. The molecule has 0 aliphatic carbocycles. The molecule has 1 heterocycles. The van der Waals surface area contributed by atoms with Crippen molar-refractivity contribution in [3.05, 3.63) is 94.3 Å². The predicted octanol–water partition coefficient (Wildman–Crippen LogP) is 6.01. The third kappa shape index (κ3) is 4.87. The van der Waals surface area contributed by atoms with Gasteiger partial charge in [0.1, 0.15) is 35.2 Å². The second kappa shape index (κ2) is 9.64. The van der Waals surface area contributed by atoms with Crippen LogP contribution in [0.1, 0.15) is 20.0 Å². The van der Waals surface area contributed by atoms with E-state index in [0.29, 0.717) is 10.8 Å². The lowest BCUT2D eigenvalue weighted by Crippen LogP contribution is -2.15. The Hall–Kier alpha value is -3.35. The highest BCUT2D eigenvalue weighted by molar-refractivity contribution is 7.21. The molecular weight excluding hydrogens is 436 g/mol. The van der Waals surface area contributed by atoms with Crippen LogP contribution in [0.5, 0.6) is 11.5 Å². The molecule has 0 aliphatic rings. The normalized spacial score (nSPS) is 10.6. The highest BCUT2D eigenvalue weighted by atomic mass is 35.5. The molecule has 5 nitrogen and oxygen atoms in total. The van der Waals surface area contributed by atoms with Gasteiger partial charge in [0, 0.05) is 10.1 Å². The maximum Gasteiger partial charge on any atom is 0.355 e. The first-order valence-electron chi connectivity index (χ1n) is 9.46. The first-order valence-corrected chi connectivity index (χ1v) is 10.7. The highest BCUT2D eigenvalue weighted by Crippen LogP contribution is 2.36. The number of thiophene rings is 1. The molecule has 3 aromatic carbocycles. The molecule has 0 bridgehead atoms. The fourth-order valence-corrected chi connectivity index (χ4v) is 4.29. The zero-order chi connectivity index (χ0) is 21.6. The predicted molar refractivity (Wildman–Crippen MR) is 120 cm³/mol. The van der Waals surface area contributed by atoms with Crippen molar-refractivity contribution in [1.29, 1.82) is 0 Å². The summed E-state index contributed by atoms with van der Waals surface area (Å²) in [6.45, 7) is 0.257. The van der Waals surface area contributed by atoms with Crippen LogP contribution in [0.2, 0.25) is 5.02 Å². The standard InChI is InChI=1S/C24H17ClO5S/c25-21-18-11-5-7-13-20(18)31-22(21)24(27)30-19-12-6-4-10-17(19)23(26)29-15-14-28-16-8-2-1-3-9-16/h1-13H,14-15H2. The zero-order valence-electron chi connectivity index (χ0n) is 16.2. The monoisotopic (exact) mass is 452 g/mol.